The van der Waals surface area contributed by atoms with E-state index in [4.69, 9.17) is 9.47 Å². The molecule has 0 unspecified atom stereocenters. The number of ether oxygens (including phenoxy) is 2. The van der Waals surface area contributed by atoms with Crippen LogP contribution in [0.1, 0.15) is 53.4 Å². The highest BCUT2D eigenvalue weighted by molar-refractivity contribution is 5.98. The maximum absolute atomic E-state index is 13.9. The van der Waals surface area contributed by atoms with Crippen LogP contribution in [-0.2, 0) is 23.9 Å². The highest BCUT2D eigenvalue weighted by Crippen LogP contribution is 2.59. The Kier molecular flexibility index (Phi) is 6.81. The molecule has 0 saturated carbocycles. The maximum Gasteiger partial charge on any atom is 0.312 e. The lowest BCUT2D eigenvalue weighted by Crippen LogP contribution is -2.59. The molecule has 174 valence electrons. The maximum atomic E-state index is 13.9. The van der Waals surface area contributed by atoms with E-state index in [1.165, 1.54) is 0 Å². The first-order valence-corrected chi connectivity index (χ1v) is 11.3. The van der Waals surface area contributed by atoms with E-state index in [0.717, 1.165) is 0 Å². The summed E-state index contributed by atoms with van der Waals surface area (Å²) < 4.78 is 11.6. The lowest BCUT2D eigenvalue weighted by Gasteiger charge is -2.42. The zero-order valence-electron chi connectivity index (χ0n) is 19.1. The summed E-state index contributed by atoms with van der Waals surface area (Å²) in [7, 11) is 0. The van der Waals surface area contributed by atoms with Crippen molar-refractivity contribution in [1.29, 1.82) is 0 Å². The molecule has 5 atom stereocenters. The largest absolute Gasteiger partial charge is 0.466 e. The Morgan fingerprint density at radius 2 is 2.10 bits per heavy atom. The van der Waals surface area contributed by atoms with E-state index in [9.17, 15) is 19.5 Å². The predicted octanol–water partition coefficient (Wildman–Crippen LogP) is 1.51. The molecule has 0 aromatic rings. The third-order valence-corrected chi connectivity index (χ3v) is 6.79. The van der Waals surface area contributed by atoms with Crippen molar-refractivity contribution in [2.45, 2.75) is 76.7 Å². The summed E-state index contributed by atoms with van der Waals surface area (Å²) >= 11 is 0. The van der Waals surface area contributed by atoms with Crippen LogP contribution in [-0.4, -0.2) is 82.3 Å². The molecule has 1 N–H and O–H groups in total. The number of carbonyl (C=O) groups is 3. The molecular weight excluding hydrogens is 400 g/mol. The SMILES string of the molecule is C=CCN(C(=O)[C@@H]1N(CCCCO)C(=O)[C@H]2[C@H](C(=O)OCC)[C@@H]3CC[C@]12O3)C(C)(C)C. The van der Waals surface area contributed by atoms with Gasteiger partial charge in [0.15, 0.2) is 0 Å². The molecule has 2 bridgehead atoms. The van der Waals surface area contributed by atoms with Crippen molar-refractivity contribution in [3.05, 3.63) is 12.7 Å². The third kappa shape index (κ3) is 3.89. The Balaban J connectivity index is 2.02. The average molecular weight is 437 g/mol. The van der Waals surface area contributed by atoms with Crippen molar-refractivity contribution in [2.75, 3.05) is 26.3 Å². The molecule has 0 aromatic carbocycles. The number of carbonyl (C=O) groups excluding carboxylic acids is 3. The second kappa shape index (κ2) is 8.90. The Morgan fingerprint density at radius 1 is 1.39 bits per heavy atom. The van der Waals surface area contributed by atoms with Gasteiger partial charge in [0.25, 0.3) is 0 Å². The lowest BCUT2D eigenvalue weighted by molar-refractivity contribution is -0.155. The standard InChI is InChI=1S/C23H36N2O6/c1-6-12-25(22(3,4)5)20(28)18-23-11-10-15(31-23)16(21(29)30-7-2)17(23)19(27)24(18)13-8-9-14-26/h6,15-18,26H,1,7-14H2,2-5H3/t15-,16+,17+,18-,23+/m0/s1. The van der Waals surface area contributed by atoms with E-state index in [0.29, 0.717) is 38.8 Å². The first-order chi connectivity index (χ1) is 14.6. The second-order valence-corrected chi connectivity index (χ2v) is 9.68. The van der Waals surface area contributed by atoms with Gasteiger partial charge < -0.3 is 24.4 Å². The number of amides is 2. The summed E-state index contributed by atoms with van der Waals surface area (Å²) in [5.74, 6) is -2.21. The third-order valence-electron chi connectivity index (χ3n) is 6.79. The monoisotopic (exact) mass is 436 g/mol. The summed E-state index contributed by atoms with van der Waals surface area (Å²) in [5.41, 5.74) is -1.49. The van der Waals surface area contributed by atoms with Gasteiger partial charge in [0.1, 0.15) is 11.6 Å². The van der Waals surface area contributed by atoms with Crippen molar-refractivity contribution in [3.8, 4) is 0 Å². The van der Waals surface area contributed by atoms with Gasteiger partial charge in [-0.3, -0.25) is 14.4 Å². The number of fused-ring (bicyclic) bond motifs is 1. The van der Waals surface area contributed by atoms with Crippen molar-refractivity contribution in [3.63, 3.8) is 0 Å². The average Bonchev–Trinajstić information content (AvgIpc) is 3.33. The fourth-order valence-corrected chi connectivity index (χ4v) is 5.54. The molecule has 31 heavy (non-hydrogen) atoms. The van der Waals surface area contributed by atoms with Gasteiger partial charge in [-0.25, -0.2) is 0 Å². The number of unbranched alkanes of at least 4 members (excludes halogenated alkanes) is 1. The zero-order chi connectivity index (χ0) is 23.0. The lowest BCUT2D eigenvalue weighted by atomic mass is 9.70. The quantitative estimate of drug-likeness (QED) is 0.334. The molecule has 3 rings (SSSR count). The Hall–Kier alpha value is -1.93. The van der Waals surface area contributed by atoms with E-state index < -0.39 is 41.1 Å². The number of nitrogens with zero attached hydrogens (tertiary/aromatic N) is 2. The highest BCUT2D eigenvalue weighted by atomic mass is 16.6. The summed E-state index contributed by atoms with van der Waals surface area (Å²) in [6.45, 7) is 12.3. The van der Waals surface area contributed by atoms with E-state index >= 15 is 0 Å². The number of likely N-dealkylation sites (tertiary alicyclic amines) is 1. The van der Waals surface area contributed by atoms with Crippen LogP contribution in [0.15, 0.2) is 12.7 Å². The zero-order valence-corrected chi connectivity index (χ0v) is 19.1. The van der Waals surface area contributed by atoms with Gasteiger partial charge in [-0.1, -0.05) is 6.08 Å². The molecule has 1 spiro atoms. The Bertz CT molecular complexity index is 732. The molecule has 0 radical (unpaired) electrons. The summed E-state index contributed by atoms with van der Waals surface area (Å²) in [6.07, 6.45) is 3.56. The van der Waals surface area contributed by atoms with Crippen molar-refractivity contribution in [2.24, 2.45) is 11.8 Å². The first kappa shape index (κ1) is 23.7. The fraction of sp³-hybridized carbons (Fsp3) is 0.783. The van der Waals surface area contributed by atoms with E-state index in [1.54, 1.807) is 22.8 Å². The minimum Gasteiger partial charge on any atom is -0.466 e. The minimum absolute atomic E-state index is 0.0177. The first-order valence-electron chi connectivity index (χ1n) is 11.3. The van der Waals surface area contributed by atoms with Gasteiger partial charge in [-0.05, 0) is 53.4 Å². The van der Waals surface area contributed by atoms with Gasteiger partial charge in [0.2, 0.25) is 11.8 Å². The Morgan fingerprint density at radius 3 is 2.68 bits per heavy atom. The molecule has 3 fully saturated rings. The smallest absolute Gasteiger partial charge is 0.312 e. The summed E-state index contributed by atoms with van der Waals surface area (Å²) in [5, 5.41) is 9.21. The number of rotatable bonds is 9. The van der Waals surface area contributed by atoms with Gasteiger partial charge in [-0.15, -0.1) is 6.58 Å². The molecule has 3 aliphatic heterocycles. The molecule has 0 aliphatic carbocycles. The van der Waals surface area contributed by atoms with Crippen LogP contribution in [0, 0.1) is 11.8 Å². The molecule has 2 amide bonds. The molecule has 3 heterocycles. The minimum atomic E-state index is -1.01. The van der Waals surface area contributed by atoms with Crippen LogP contribution in [0.2, 0.25) is 0 Å². The highest BCUT2D eigenvalue weighted by Gasteiger charge is 2.75. The summed E-state index contributed by atoms with van der Waals surface area (Å²) in [6, 6.07) is -0.799. The topological polar surface area (TPSA) is 96.4 Å². The number of hydrogen-bond acceptors (Lipinski definition) is 6. The van der Waals surface area contributed by atoms with E-state index in [-0.39, 0.29) is 25.0 Å². The number of esters is 1. The van der Waals surface area contributed by atoms with Crippen molar-refractivity contribution >= 4 is 17.8 Å². The number of hydrogen-bond donors (Lipinski definition) is 1. The molecule has 3 aliphatic rings. The van der Waals surface area contributed by atoms with Crippen LogP contribution >= 0.6 is 0 Å². The predicted molar refractivity (Wildman–Crippen MR) is 114 cm³/mol. The van der Waals surface area contributed by atoms with Crippen LogP contribution in [0.3, 0.4) is 0 Å². The molecular formula is C23H36N2O6. The van der Waals surface area contributed by atoms with Gasteiger partial charge in [-0.2, -0.15) is 0 Å². The molecule has 8 heteroatoms. The molecule has 8 nitrogen and oxygen atoms in total. The van der Waals surface area contributed by atoms with Crippen LogP contribution < -0.4 is 0 Å². The normalized spacial score (nSPS) is 31.6. The van der Waals surface area contributed by atoms with Gasteiger partial charge in [0.05, 0.1) is 24.5 Å². The van der Waals surface area contributed by atoms with Crippen LogP contribution in [0.25, 0.3) is 0 Å². The fourth-order valence-electron chi connectivity index (χ4n) is 5.54. The van der Waals surface area contributed by atoms with Crippen LogP contribution in [0.5, 0.6) is 0 Å². The van der Waals surface area contributed by atoms with Crippen molar-refractivity contribution < 1.29 is 29.0 Å². The second-order valence-electron chi connectivity index (χ2n) is 9.68. The molecule has 3 saturated heterocycles. The summed E-state index contributed by atoms with van der Waals surface area (Å²) in [4.78, 5) is 43.6. The van der Waals surface area contributed by atoms with E-state index in [2.05, 4.69) is 6.58 Å². The van der Waals surface area contributed by atoms with Gasteiger partial charge >= 0.3 is 5.97 Å². The van der Waals surface area contributed by atoms with Crippen LogP contribution in [0.4, 0.5) is 0 Å². The number of aliphatic hydroxyl groups excluding tert-OH is 1. The van der Waals surface area contributed by atoms with Crippen molar-refractivity contribution in [1.82, 2.24) is 9.80 Å². The van der Waals surface area contributed by atoms with E-state index in [1.807, 2.05) is 20.8 Å². The van der Waals surface area contributed by atoms with Gasteiger partial charge in [0, 0.05) is 25.2 Å². The number of aliphatic hydroxyl groups is 1. The molecule has 0 aromatic heterocycles. The Labute approximate surface area is 184 Å².